The number of unbranched alkanes of at least 4 members (excludes halogenated alkanes) is 1. The van der Waals surface area contributed by atoms with E-state index in [0.29, 0.717) is 12.8 Å². The summed E-state index contributed by atoms with van der Waals surface area (Å²) in [5, 5.41) is 2.65. The highest BCUT2D eigenvalue weighted by molar-refractivity contribution is 7.77. The molecule has 2 amide bonds. The van der Waals surface area contributed by atoms with E-state index in [4.69, 9.17) is 19.0 Å². The molecule has 1 fully saturated rings. The summed E-state index contributed by atoms with van der Waals surface area (Å²) in [6, 6.07) is -0.889. The molecule has 1 saturated heterocycles. The highest BCUT2D eigenvalue weighted by atomic mass is 32.1. The third kappa shape index (κ3) is 9.26. The zero-order valence-electron chi connectivity index (χ0n) is 17.3. The van der Waals surface area contributed by atoms with Crippen molar-refractivity contribution in [2.45, 2.75) is 77.6 Å². The molecule has 0 spiro atoms. The van der Waals surface area contributed by atoms with Crippen LogP contribution in [0.5, 0.6) is 0 Å². The second-order valence-corrected chi connectivity index (χ2v) is 6.83. The van der Waals surface area contributed by atoms with Crippen LogP contribution in [0.1, 0.15) is 47.0 Å². The number of thiol groups is 1. The lowest BCUT2D eigenvalue weighted by molar-refractivity contribution is -0.279. The molecule has 3 N–H and O–H groups in total. The molecule has 0 bridgehead atoms. The van der Waals surface area contributed by atoms with E-state index >= 15 is 0 Å². The molecular weight excluding hydrogens is 422 g/mol. The van der Waals surface area contributed by atoms with E-state index in [1.807, 2.05) is 4.89 Å². The largest absolute Gasteiger partial charge is 0.457 e. The van der Waals surface area contributed by atoms with Crippen LogP contribution in [0.15, 0.2) is 0 Å². The van der Waals surface area contributed by atoms with Crippen molar-refractivity contribution in [2.75, 3.05) is 6.61 Å². The summed E-state index contributed by atoms with van der Waals surface area (Å²) in [6.45, 7) is 5.64. The molecular formula is C17H29N3O9S. The molecule has 12 nitrogen and oxygen atoms in total. The fourth-order valence-electron chi connectivity index (χ4n) is 2.85. The number of nitrogens with one attached hydrogen (secondary N) is 3. The first-order chi connectivity index (χ1) is 14.1. The lowest BCUT2D eigenvalue weighted by atomic mass is 9.97. The number of esters is 1. The Morgan fingerprint density at radius 2 is 1.73 bits per heavy atom. The normalized spacial score (nSPS) is 25.8. The standard InChI is InChI=1S/C17H29N3O9S/c1-9-15(29-19-11(3)22)16(27-12(4)23)14(18-10(2)21)17(26-9)25-8-6-5-7-13(24)28-20-30/h9,14-17,20,30H,5-8H2,1-4H3,(H,18,21)(H,19,22)/t9?,14-,15-,16?,17+/m0/s1. The first kappa shape index (κ1) is 26.1. The summed E-state index contributed by atoms with van der Waals surface area (Å²) < 4.78 is 16.9. The molecule has 0 aromatic heterocycles. The highest BCUT2D eigenvalue weighted by Gasteiger charge is 2.48. The van der Waals surface area contributed by atoms with Crippen molar-refractivity contribution in [3.05, 3.63) is 0 Å². The van der Waals surface area contributed by atoms with E-state index in [1.165, 1.54) is 20.8 Å². The lowest BCUT2D eigenvalue weighted by Crippen LogP contribution is -2.65. The Balaban J connectivity index is 2.81. The minimum atomic E-state index is -0.983. The van der Waals surface area contributed by atoms with Crippen molar-refractivity contribution in [1.29, 1.82) is 0 Å². The molecule has 5 atom stereocenters. The van der Waals surface area contributed by atoms with Crippen LogP contribution in [0.4, 0.5) is 0 Å². The Bertz CT molecular complexity index is 607. The zero-order valence-corrected chi connectivity index (χ0v) is 18.2. The molecule has 0 aromatic carbocycles. The zero-order chi connectivity index (χ0) is 22.7. The van der Waals surface area contributed by atoms with Crippen molar-refractivity contribution in [3.8, 4) is 0 Å². The molecule has 1 rings (SSSR count). The van der Waals surface area contributed by atoms with Crippen LogP contribution in [-0.2, 0) is 43.1 Å². The number of carbonyl (C=O) groups excluding carboxylic acids is 4. The predicted octanol–water partition coefficient (Wildman–Crippen LogP) is -0.317. The minimum absolute atomic E-state index is 0.163. The Morgan fingerprint density at radius 3 is 2.30 bits per heavy atom. The Kier molecular flexibility index (Phi) is 11.7. The smallest absolute Gasteiger partial charge is 0.325 e. The number of ether oxygens (including phenoxy) is 3. The summed E-state index contributed by atoms with van der Waals surface area (Å²) in [4.78, 5) is 57.7. The first-order valence-corrected chi connectivity index (χ1v) is 9.82. The summed E-state index contributed by atoms with van der Waals surface area (Å²) in [7, 11) is 0. The van der Waals surface area contributed by atoms with Crippen molar-refractivity contribution >= 4 is 36.6 Å². The van der Waals surface area contributed by atoms with Crippen molar-refractivity contribution in [2.24, 2.45) is 0 Å². The van der Waals surface area contributed by atoms with Crippen LogP contribution in [-0.4, -0.2) is 61.0 Å². The second-order valence-electron chi connectivity index (χ2n) is 6.64. The Morgan fingerprint density at radius 1 is 1.03 bits per heavy atom. The van der Waals surface area contributed by atoms with Gasteiger partial charge in [0.1, 0.15) is 6.04 Å². The molecule has 0 radical (unpaired) electrons. The molecule has 172 valence electrons. The van der Waals surface area contributed by atoms with Gasteiger partial charge in [-0.25, -0.2) is 5.48 Å². The van der Waals surface area contributed by atoms with Gasteiger partial charge < -0.3 is 24.4 Å². The van der Waals surface area contributed by atoms with Gasteiger partial charge in [-0.3, -0.25) is 24.0 Å². The lowest BCUT2D eigenvalue weighted by Gasteiger charge is -2.44. The quantitative estimate of drug-likeness (QED) is 0.142. The fraction of sp³-hybridized carbons (Fsp3) is 0.765. The SMILES string of the molecule is CC(=O)NO[C@H]1C(C)O[C@@H](OCCCCC(=O)ONS)[C@@H](NC(C)=O)C1OC(C)=O. The van der Waals surface area contributed by atoms with E-state index < -0.39 is 54.4 Å². The summed E-state index contributed by atoms with van der Waals surface area (Å²) in [6.07, 6.45) is -2.31. The van der Waals surface area contributed by atoms with E-state index in [0.717, 1.165) is 0 Å². The molecule has 30 heavy (non-hydrogen) atoms. The van der Waals surface area contributed by atoms with Crippen molar-refractivity contribution in [3.63, 3.8) is 0 Å². The highest BCUT2D eigenvalue weighted by Crippen LogP contribution is 2.26. The number of amides is 2. The van der Waals surface area contributed by atoms with Crippen molar-refractivity contribution in [1.82, 2.24) is 15.7 Å². The van der Waals surface area contributed by atoms with E-state index in [1.54, 1.807) is 6.92 Å². The van der Waals surface area contributed by atoms with Gasteiger partial charge >= 0.3 is 11.9 Å². The third-order valence-corrected chi connectivity index (χ3v) is 4.10. The van der Waals surface area contributed by atoms with Gasteiger partial charge in [0.25, 0.3) is 0 Å². The number of carbonyl (C=O) groups is 4. The molecule has 2 unspecified atom stereocenters. The first-order valence-electron chi connectivity index (χ1n) is 9.38. The number of rotatable bonds is 11. The molecule has 0 saturated carbocycles. The van der Waals surface area contributed by atoms with Gasteiger partial charge in [0.2, 0.25) is 11.8 Å². The summed E-state index contributed by atoms with van der Waals surface area (Å²) >= 11 is 3.57. The fourth-order valence-corrected chi connectivity index (χ4v) is 2.95. The monoisotopic (exact) mass is 451 g/mol. The number of hydroxylamine groups is 1. The summed E-state index contributed by atoms with van der Waals surface area (Å²) in [5.41, 5.74) is 2.20. The Labute approximate surface area is 180 Å². The molecule has 0 aliphatic carbocycles. The molecule has 1 aliphatic heterocycles. The number of hydrogen-bond donors (Lipinski definition) is 4. The van der Waals surface area contributed by atoms with Gasteiger partial charge in [0.05, 0.1) is 6.10 Å². The van der Waals surface area contributed by atoms with Crippen LogP contribution in [0.3, 0.4) is 0 Å². The van der Waals surface area contributed by atoms with E-state index in [2.05, 4.69) is 28.4 Å². The predicted molar refractivity (Wildman–Crippen MR) is 104 cm³/mol. The van der Waals surface area contributed by atoms with Gasteiger partial charge in [-0.1, -0.05) is 17.7 Å². The second kappa shape index (κ2) is 13.4. The molecule has 1 heterocycles. The van der Waals surface area contributed by atoms with Crippen LogP contribution in [0.25, 0.3) is 0 Å². The molecule has 13 heteroatoms. The number of hydrogen-bond acceptors (Lipinski definition) is 11. The topological polar surface area (TPSA) is 151 Å². The van der Waals surface area contributed by atoms with Crippen LogP contribution >= 0.6 is 12.8 Å². The average Bonchev–Trinajstić information content (AvgIpc) is 2.63. The van der Waals surface area contributed by atoms with Crippen LogP contribution in [0, 0.1) is 0 Å². The minimum Gasteiger partial charge on any atom is -0.457 e. The van der Waals surface area contributed by atoms with Gasteiger partial charge in [-0.15, -0.1) is 0 Å². The average molecular weight is 451 g/mol. The maximum Gasteiger partial charge on any atom is 0.325 e. The van der Waals surface area contributed by atoms with Crippen LogP contribution in [0.2, 0.25) is 0 Å². The van der Waals surface area contributed by atoms with Gasteiger partial charge in [-0.2, -0.15) is 0 Å². The van der Waals surface area contributed by atoms with Crippen LogP contribution < -0.4 is 15.7 Å². The molecule has 1 aliphatic rings. The summed E-state index contributed by atoms with van der Waals surface area (Å²) in [5.74, 6) is -1.92. The van der Waals surface area contributed by atoms with Gasteiger partial charge in [0, 0.05) is 33.8 Å². The van der Waals surface area contributed by atoms with E-state index in [-0.39, 0.29) is 13.0 Å². The van der Waals surface area contributed by atoms with Gasteiger partial charge in [-0.05, 0) is 19.8 Å². The maximum atomic E-state index is 11.7. The maximum absolute atomic E-state index is 11.7. The van der Waals surface area contributed by atoms with Crippen molar-refractivity contribution < 1.29 is 43.1 Å². The Hall–Kier alpha value is -1.93. The third-order valence-electron chi connectivity index (χ3n) is 4.01. The molecule has 0 aromatic rings. The van der Waals surface area contributed by atoms with E-state index in [9.17, 15) is 19.2 Å². The van der Waals surface area contributed by atoms with Gasteiger partial charge in [0.15, 0.2) is 18.5 Å².